The molecule has 0 radical (unpaired) electrons. The smallest absolute Gasteiger partial charge is 0.224 e. The number of para-hydroxylation sites is 2. The third kappa shape index (κ3) is 4.11. The first-order valence-electron chi connectivity index (χ1n) is 7.83. The maximum absolute atomic E-state index is 11.7. The second-order valence-corrected chi connectivity index (χ2v) is 5.86. The van der Waals surface area contributed by atoms with E-state index in [0.29, 0.717) is 5.92 Å². The van der Waals surface area contributed by atoms with Crippen LogP contribution in [-0.2, 0) is 11.2 Å². The molecule has 0 aromatic heterocycles. The lowest BCUT2D eigenvalue weighted by molar-refractivity contribution is -0.117. The first-order valence-corrected chi connectivity index (χ1v) is 7.83. The van der Waals surface area contributed by atoms with E-state index in [0.717, 1.165) is 17.8 Å². The largest absolute Gasteiger partial charge is 0.399 e. The molecule has 1 aliphatic rings. The van der Waals surface area contributed by atoms with Crippen LogP contribution in [-0.4, -0.2) is 23.7 Å². The SMILES string of the molecule is CC(=O)N1c2ccccc2CC(C)[C@@H]1CO.Nc1ccccc1. The standard InChI is InChI=1S/C13H17NO2.C6H7N/c1-9-7-11-5-3-4-6-12(11)14(10(2)16)13(9)8-15;7-6-4-2-1-3-5-6/h3-6,9,13,15H,7-8H2,1-2H3;1-5H,7H2/t9?,13-;/m0./s1. The Morgan fingerprint density at radius 3 is 2.30 bits per heavy atom. The molecule has 1 heterocycles. The second-order valence-electron chi connectivity index (χ2n) is 5.86. The molecule has 1 amide bonds. The first kappa shape index (κ1) is 17.0. The highest BCUT2D eigenvalue weighted by Crippen LogP contribution is 2.33. The van der Waals surface area contributed by atoms with Gasteiger partial charge in [-0.2, -0.15) is 0 Å². The highest BCUT2D eigenvalue weighted by atomic mass is 16.3. The van der Waals surface area contributed by atoms with Gasteiger partial charge in [0, 0.05) is 18.3 Å². The van der Waals surface area contributed by atoms with E-state index < -0.39 is 0 Å². The van der Waals surface area contributed by atoms with Gasteiger partial charge in [-0.3, -0.25) is 4.79 Å². The highest BCUT2D eigenvalue weighted by Gasteiger charge is 2.33. The highest BCUT2D eigenvalue weighted by molar-refractivity contribution is 5.93. The zero-order valence-corrected chi connectivity index (χ0v) is 13.6. The molecule has 0 fully saturated rings. The molecule has 4 nitrogen and oxygen atoms in total. The molecule has 2 aromatic carbocycles. The van der Waals surface area contributed by atoms with Crippen molar-refractivity contribution < 1.29 is 9.90 Å². The minimum Gasteiger partial charge on any atom is -0.399 e. The van der Waals surface area contributed by atoms with Crippen LogP contribution < -0.4 is 10.6 Å². The van der Waals surface area contributed by atoms with Crippen LogP contribution in [0.3, 0.4) is 0 Å². The lowest BCUT2D eigenvalue weighted by atomic mass is 9.87. The quantitative estimate of drug-likeness (QED) is 0.796. The molecular weight excluding hydrogens is 288 g/mol. The third-order valence-corrected chi connectivity index (χ3v) is 4.11. The van der Waals surface area contributed by atoms with E-state index in [9.17, 15) is 9.90 Å². The fourth-order valence-corrected chi connectivity index (χ4v) is 2.95. The Morgan fingerprint density at radius 1 is 1.17 bits per heavy atom. The number of aliphatic hydroxyl groups is 1. The minimum atomic E-state index is -0.0904. The number of hydrogen-bond acceptors (Lipinski definition) is 3. The van der Waals surface area contributed by atoms with Crippen LogP contribution in [0, 0.1) is 5.92 Å². The summed E-state index contributed by atoms with van der Waals surface area (Å²) in [4.78, 5) is 13.4. The molecule has 4 heteroatoms. The summed E-state index contributed by atoms with van der Waals surface area (Å²) in [7, 11) is 0. The van der Waals surface area contributed by atoms with Gasteiger partial charge in [0.25, 0.3) is 0 Å². The average molecular weight is 312 g/mol. The Kier molecular flexibility index (Phi) is 5.77. The molecule has 122 valence electrons. The monoisotopic (exact) mass is 312 g/mol. The van der Waals surface area contributed by atoms with Crippen molar-refractivity contribution in [1.82, 2.24) is 0 Å². The van der Waals surface area contributed by atoms with Crippen LogP contribution in [0.1, 0.15) is 19.4 Å². The van der Waals surface area contributed by atoms with Crippen molar-refractivity contribution >= 4 is 17.3 Å². The number of carbonyl (C=O) groups is 1. The number of benzene rings is 2. The summed E-state index contributed by atoms with van der Waals surface area (Å²) in [6.45, 7) is 3.65. The van der Waals surface area contributed by atoms with Gasteiger partial charge < -0.3 is 15.7 Å². The van der Waals surface area contributed by atoms with Gasteiger partial charge in [0.05, 0.1) is 12.6 Å². The van der Waals surface area contributed by atoms with Gasteiger partial charge in [-0.1, -0.05) is 43.3 Å². The summed E-state index contributed by atoms with van der Waals surface area (Å²) in [5.41, 5.74) is 8.32. The van der Waals surface area contributed by atoms with E-state index in [-0.39, 0.29) is 18.6 Å². The van der Waals surface area contributed by atoms with E-state index >= 15 is 0 Å². The summed E-state index contributed by atoms with van der Waals surface area (Å²) in [5.74, 6) is 0.293. The molecule has 2 atom stereocenters. The lowest BCUT2D eigenvalue weighted by Gasteiger charge is -2.39. The van der Waals surface area contributed by atoms with Crippen molar-refractivity contribution in [2.24, 2.45) is 5.92 Å². The molecule has 2 aromatic rings. The number of nitrogens with two attached hydrogens (primary N) is 1. The molecule has 1 aliphatic heterocycles. The summed E-state index contributed by atoms with van der Waals surface area (Å²) >= 11 is 0. The normalized spacial score (nSPS) is 19.3. The molecule has 0 spiro atoms. The number of anilines is 2. The van der Waals surface area contributed by atoms with Crippen molar-refractivity contribution in [2.75, 3.05) is 17.2 Å². The van der Waals surface area contributed by atoms with Gasteiger partial charge in [-0.05, 0) is 36.1 Å². The number of fused-ring (bicyclic) bond motifs is 1. The minimum absolute atomic E-state index is 0.00181. The van der Waals surface area contributed by atoms with E-state index in [4.69, 9.17) is 5.73 Å². The molecule has 0 bridgehead atoms. The van der Waals surface area contributed by atoms with Crippen LogP contribution in [0.2, 0.25) is 0 Å². The number of amides is 1. The zero-order valence-electron chi connectivity index (χ0n) is 13.6. The number of rotatable bonds is 1. The number of hydrogen-bond donors (Lipinski definition) is 2. The molecule has 0 saturated heterocycles. The fraction of sp³-hybridized carbons (Fsp3) is 0.316. The molecule has 23 heavy (non-hydrogen) atoms. The van der Waals surface area contributed by atoms with E-state index in [1.165, 1.54) is 5.56 Å². The van der Waals surface area contributed by atoms with E-state index in [1.54, 1.807) is 11.8 Å². The van der Waals surface area contributed by atoms with Gasteiger partial charge in [-0.15, -0.1) is 0 Å². The average Bonchev–Trinajstić information content (AvgIpc) is 2.54. The Morgan fingerprint density at radius 2 is 1.78 bits per heavy atom. The fourth-order valence-electron chi connectivity index (χ4n) is 2.95. The van der Waals surface area contributed by atoms with E-state index in [1.807, 2.05) is 48.5 Å². The lowest BCUT2D eigenvalue weighted by Crippen LogP contribution is -2.49. The predicted molar refractivity (Wildman–Crippen MR) is 94.2 cm³/mol. The van der Waals surface area contributed by atoms with Crippen molar-refractivity contribution in [2.45, 2.75) is 26.3 Å². The Labute approximate surface area is 137 Å². The predicted octanol–water partition coefficient (Wildman–Crippen LogP) is 2.86. The number of nitrogens with zero attached hydrogens (tertiary/aromatic N) is 1. The molecule has 3 rings (SSSR count). The number of carbonyl (C=O) groups excluding carboxylic acids is 1. The summed E-state index contributed by atoms with van der Waals surface area (Å²) in [5, 5.41) is 9.41. The molecule has 0 aliphatic carbocycles. The van der Waals surface area contributed by atoms with Crippen molar-refractivity contribution in [3.8, 4) is 0 Å². The van der Waals surface area contributed by atoms with Gasteiger partial charge in [0.1, 0.15) is 0 Å². The Hall–Kier alpha value is -2.33. The van der Waals surface area contributed by atoms with Crippen molar-refractivity contribution in [1.29, 1.82) is 0 Å². The van der Waals surface area contributed by atoms with Gasteiger partial charge in [-0.25, -0.2) is 0 Å². The van der Waals surface area contributed by atoms with Gasteiger partial charge in [0.2, 0.25) is 5.91 Å². The van der Waals surface area contributed by atoms with Gasteiger partial charge in [0.15, 0.2) is 0 Å². The van der Waals surface area contributed by atoms with Gasteiger partial charge >= 0.3 is 0 Å². The summed E-state index contributed by atoms with van der Waals surface area (Å²) in [6.07, 6.45) is 0.922. The molecule has 0 saturated carbocycles. The maximum Gasteiger partial charge on any atom is 0.224 e. The first-order chi connectivity index (χ1) is 11.0. The number of nitrogen functional groups attached to an aromatic ring is 1. The van der Waals surface area contributed by atoms with Crippen molar-refractivity contribution in [3.05, 3.63) is 60.2 Å². The van der Waals surface area contributed by atoms with E-state index in [2.05, 4.69) is 13.0 Å². The molecule has 3 N–H and O–H groups in total. The second kappa shape index (κ2) is 7.79. The van der Waals surface area contributed by atoms with Crippen LogP contribution >= 0.6 is 0 Å². The Bertz CT molecular complexity index is 643. The Balaban J connectivity index is 0.000000229. The van der Waals surface area contributed by atoms with Crippen LogP contribution in [0.25, 0.3) is 0 Å². The van der Waals surface area contributed by atoms with Crippen LogP contribution in [0.4, 0.5) is 11.4 Å². The van der Waals surface area contributed by atoms with Crippen LogP contribution in [0.15, 0.2) is 54.6 Å². The topological polar surface area (TPSA) is 66.6 Å². The summed E-state index contributed by atoms with van der Waals surface area (Å²) in [6, 6.07) is 17.3. The molecule has 1 unspecified atom stereocenters. The number of aliphatic hydroxyl groups excluding tert-OH is 1. The zero-order chi connectivity index (χ0) is 16.8. The molecular formula is C19H24N2O2. The maximum atomic E-state index is 11.7. The summed E-state index contributed by atoms with van der Waals surface area (Å²) < 4.78 is 0. The third-order valence-electron chi connectivity index (χ3n) is 4.11. The van der Waals surface area contributed by atoms with Crippen LogP contribution in [0.5, 0.6) is 0 Å². The van der Waals surface area contributed by atoms with Crippen molar-refractivity contribution in [3.63, 3.8) is 0 Å².